The summed E-state index contributed by atoms with van der Waals surface area (Å²) in [6.07, 6.45) is 3.75. The van der Waals surface area contributed by atoms with Gasteiger partial charge in [0.2, 0.25) is 5.91 Å². The number of likely N-dealkylation sites (tertiary alicyclic amines) is 1. The van der Waals surface area contributed by atoms with Crippen molar-refractivity contribution in [2.75, 3.05) is 26.7 Å². The lowest BCUT2D eigenvalue weighted by molar-refractivity contribution is -0.133. The molecule has 1 saturated heterocycles. The molecule has 0 aromatic heterocycles. The van der Waals surface area contributed by atoms with Crippen molar-refractivity contribution in [3.63, 3.8) is 0 Å². The maximum absolute atomic E-state index is 11.8. The van der Waals surface area contributed by atoms with Crippen molar-refractivity contribution in [1.29, 1.82) is 0 Å². The van der Waals surface area contributed by atoms with Crippen LogP contribution in [-0.4, -0.2) is 48.4 Å². The Morgan fingerprint density at radius 1 is 1.22 bits per heavy atom. The molecule has 1 heterocycles. The van der Waals surface area contributed by atoms with Crippen LogP contribution in [0.25, 0.3) is 0 Å². The number of carbonyl (C=O) groups is 1. The quantitative estimate of drug-likeness (QED) is 0.753. The first-order valence-corrected chi connectivity index (χ1v) is 7.40. The Morgan fingerprint density at radius 2 is 1.78 bits per heavy atom. The first kappa shape index (κ1) is 15.5. The van der Waals surface area contributed by atoms with Crippen LogP contribution in [0.4, 0.5) is 0 Å². The fourth-order valence-electron chi connectivity index (χ4n) is 2.69. The SMILES string of the molecule is CC(C)C(=O)N(C)CCC1CCN(C(C)C)CC1. The monoisotopic (exact) mass is 254 g/mol. The third-order valence-electron chi connectivity index (χ3n) is 4.12. The highest BCUT2D eigenvalue weighted by molar-refractivity contribution is 5.77. The third-order valence-corrected chi connectivity index (χ3v) is 4.12. The smallest absolute Gasteiger partial charge is 0.224 e. The summed E-state index contributed by atoms with van der Waals surface area (Å²) in [4.78, 5) is 16.2. The van der Waals surface area contributed by atoms with Gasteiger partial charge in [0, 0.05) is 25.6 Å². The Hall–Kier alpha value is -0.570. The maximum Gasteiger partial charge on any atom is 0.224 e. The molecule has 0 saturated carbocycles. The maximum atomic E-state index is 11.8. The second-order valence-electron chi connectivity index (χ2n) is 6.28. The van der Waals surface area contributed by atoms with Crippen LogP contribution >= 0.6 is 0 Å². The minimum Gasteiger partial charge on any atom is -0.346 e. The van der Waals surface area contributed by atoms with E-state index < -0.39 is 0 Å². The van der Waals surface area contributed by atoms with E-state index in [2.05, 4.69) is 18.7 Å². The largest absolute Gasteiger partial charge is 0.346 e. The van der Waals surface area contributed by atoms with E-state index in [1.54, 1.807) is 0 Å². The molecule has 0 N–H and O–H groups in total. The molecule has 1 rings (SSSR count). The van der Waals surface area contributed by atoms with Crippen LogP contribution in [0.3, 0.4) is 0 Å². The Bertz CT molecular complexity index is 255. The molecule has 0 bridgehead atoms. The predicted octanol–water partition coefficient (Wildman–Crippen LogP) is 2.61. The fraction of sp³-hybridized carbons (Fsp3) is 0.933. The highest BCUT2D eigenvalue weighted by Gasteiger charge is 2.21. The fourth-order valence-corrected chi connectivity index (χ4v) is 2.69. The van der Waals surface area contributed by atoms with Gasteiger partial charge in [-0.05, 0) is 52.1 Å². The van der Waals surface area contributed by atoms with Crippen molar-refractivity contribution < 1.29 is 4.79 Å². The zero-order valence-corrected chi connectivity index (χ0v) is 12.8. The Balaban J connectivity index is 2.24. The zero-order valence-electron chi connectivity index (χ0n) is 12.8. The second kappa shape index (κ2) is 7.13. The van der Waals surface area contributed by atoms with E-state index in [1.807, 2.05) is 25.8 Å². The molecule has 0 aromatic carbocycles. The van der Waals surface area contributed by atoms with Gasteiger partial charge in [0.1, 0.15) is 0 Å². The number of hydrogen-bond donors (Lipinski definition) is 0. The predicted molar refractivity (Wildman–Crippen MR) is 76.5 cm³/mol. The summed E-state index contributed by atoms with van der Waals surface area (Å²) < 4.78 is 0. The summed E-state index contributed by atoms with van der Waals surface area (Å²) in [5.41, 5.74) is 0. The molecule has 1 aliphatic rings. The summed E-state index contributed by atoms with van der Waals surface area (Å²) >= 11 is 0. The molecule has 0 atom stereocenters. The molecule has 0 aromatic rings. The van der Waals surface area contributed by atoms with Gasteiger partial charge in [-0.2, -0.15) is 0 Å². The Morgan fingerprint density at radius 3 is 2.22 bits per heavy atom. The number of hydrogen-bond acceptors (Lipinski definition) is 2. The number of rotatable bonds is 5. The number of carbonyl (C=O) groups excluding carboxylic acids is 1. The third kappa shape index (κ3) is 4.60. The Kier molecular flexibility index (Phi) is 6.13. The van der Waals surface area contributed by atoms with Crippen LogP contribution in [0.15, 0.2) is 0 Å². The van der Waals surface area contributed by atoms with Gasteiger partial charge in [0.15, 0.2) is 0 Å². The van der Waals surface area contributed by atoms with Crippen LogP contribution in [0, 0.1) is 11.8 Å². The van der Waals surface area contributed by atoms with E-state index in [4.69, 9.17) is 0 Å². The minimum atomic E-state index is 0.123. The van der Waals surface area contributed by atoms with E-state index in [0.717, 1.165) is 12.5 Å². The first-order valence-electron chi connectivity index (χ1n) is 7.40. The summed E-state index contributed by atoms with van der Waals surface area (Å²) in [6.45, 7) is 11.9. The topological polar surface area (TPSA) is 23.6 Å². The molecule has 3 heteroatoms. The van der Waals surface area contributed by atoms with E-state index in [1.165, 1.54) is 32.4 Å². The molecule has 3 nitrogen and oxygen atoms in total. The van der Waals surface area contributed by atoms with Crippen molar-refractivity contribution in [3.05, 3.63) is 0 Å². The van der Waals surface area contributed by atoms with Crippen molar-refractivity contribution in [2.24, 2.45) is 11.8 Å². The van der Waals surface area contributed by atoms with Gasteiger partial charge in [-0.3, -0.25) is 4.79 Å². The van der Waals surface area contributed by atoms with Crippen molar-refractivity contribution >= 4 is 5.91 Å². The van der Waals surface area contributed by atoms with Gasteiger partial charge < -0.3 is 9.80 Å². The van der Waals surface area contributed by atoms with Crippen LogP contribution in [0.1, 0.15) is 47.0 Å². The first-order chi connectivity index (χ1) is 8.41. The molecule has 0 unspecified atom stereocenters. The van der Waals surface area contributed by atoms with Gasteiger partial charge in [0.25, 0.3) is 0 Å². The molecule has 1 amide bonds. The normalized spacial score (nSPS) is 18.6. The molecular formula is C15H30N2O. The second-order valence-corrected chi connectivity index (χ2v) is 6.28. The van der Waals surface area contributed by atoms with Crippen molar-refractivity contribution in [1.82, 2.24) is 9.80 Å². The van der Waals surface area contributed by atoms with Crippen LogP contribution in [0.2, 0.25) is 0 Å². The average molecular weight is 254 g/mol. The van der Waals surface area contributed by atoms with Gasteiger partial charge in [0.05, 0.1) is 0 Å². The van der Waals surface area contributed by atoms with Crippen LogP contribution < -0.4 is 0 Å². The van der Waals surface area contributed by atoms with Crippen LogP contribution in [0.5, 0.6) is 0 Å². The number of amides is 1. The standard InChI is InChI=1S/C15H30N2O/c1-12(2)15(18)16(5)9-6-14-7-10-17(11-8-14)13(3)4/h12-14H,6-11H2,1-5H3. The summed E-state index contributed by atoms with van der Waals surface area (Å²) in [5, 5.41) is 0. The summed E-state index contributed by atoms with van der Waals surface area (Å²) in [7, 11) is 1.94. The van der Waals surface area contributed by atoms with Gasteiger partial charge >= 0.3 is 0 Å². The minimum absolute atomic E-state index is 0.123. The number of piperidine rings is 1. The molecule has 0 spiro atoms. The van der Waals surface area contributed by atoms with Crippen molar-refractivity contribution in [3.8, 4) is 0 Å². The molecule has 106 valence electrons. The molecule has 0 aliphatic carbocycles. The van der Waals surface area contributed by atoms with Crippen LogP contribution in [-0.2, 0) is 4.79 Å². The summed E-state index contributed by atoms with van der Waals surface area (Å²) in [6, 6.07) is 0.677. The van der Waals surface area contributed by atoms with E-state index >= 15 is 0 Å². The average Bonchev–Trinajstić information content (AvgIpc) is 2.35. The molecule has 1 fully saturated rings. The van der Waals surface area contributed by atoms with Crippen molar-refractivity contribution in [2.45, 2.75) is 53.0 Å². The molecule has 18 heavy (non-hydrogen) atoms. The van der Waals surface area contributed by atoms with Gasteiger partial charge in [-0.25, -0.2) is 0 Å². The Labute approximate surface area is 113 Å². The highest BCUT2D eigenvalue weighted by atomic mass is 16.2. The number of nitrogens with zero attached hydrogens (tertiary/aromatic N) is 2. The van der Waals surface area contributed by atoms with E-state index in [-0.39, 0.29) is 11.8 Å². The van der Waals surface area contributed by atoms with E-state index in [0.29, 0.717) is 6.04 Å². The molecule has 1 aliphatic heterocycles. The van der Waals surface area contributed by atoms with Gasteiger partial charge in [-0.15, -0.1) is 0 Å². The molecule has 0 radical (unpaired) electrons. The zero-order chi connectivity index (χ0) is 13.7. The van der Waals surface area contributed by atoms with E-state index in [9.17, 15) is 4.79 Å². The summed E-state index contributed by atoms with van der Waals surface area (Å²) in [5.74, 6) is 1.20. The lowest BCUT2D eigenvalue weighted by Crippen LogP contribution is -2.39. The van der Waals surface area contributed by atoms with Gasteiger partial charge in [-0.1, -0.05) is 13.8 Å². The highest BCUT2D eigenvalue weighted by Crippen LogP contribution is 2.22. The lowest BCUT2D eigenvalue weighted by Gasteiger charge is -2.35. The lowest BCUT2D eigenvalue weighted by atomic mass is 9.92. The molecular weight excluding hydrogens is 224 g/mol.